The molecule has 11 heteroatoms. The van der Waals surface area contributed by atoms with Crippen LogP contribution >= 0.6 is 11.6 Å². The third kappa shape index (κ3) is 3.41. The standard InChI is InChI=1S/C27H17ClFNO8/c28-13-6-4-12(5-7-13)22-20(25(33)30-14-8-9-17-18(10-14)37-11-36-17)21(26(34)35)27(38-22)23(31)15-2-1-3-16(29)19(15)24(27)32/h1-10,20-22H,11H2,(H,30,33)(H,34,35). The van der Waals surface area contributed by atoms with E-state index in [0.29, 0.717) is 22.1 Å². The molecule has 4 atom stereocenters. The minimum atomic E-state index is -2.64. The van der Waals surface area contributed by atoms with E-state index in [1.165, 1.54) is 48.5 Å². The number of carbonyl (C=O) groups excluding carboxylic acids is 3. The fourth-order valence-corrected chi connectivity index (χ4v) is 5.47. The average molecular weight is 538 g/mol. The summed E-state index contributed by atoms with van der Waals surface area (Å²) in [5.41, 5.74) is -2.93. The number of fused-ring (bicyclic) bond motifs is 2. The number of nitrogens with one attached hydrogen (secondary N) is 1. The van der Waals surface area contributed by atoms with E-state index in [2.05, 4.69) is 5.32 Å². The van der Waals surface area contributed by atoms with Gasteiger partial charge >= 0.3 is 5.97 Å². The Kier molecular flexibility index (Phi) is 5.48. The number of hydrogen-bond acceptors (Lipinski definition) is 7. The number of ether oxygens (including phenoxy) is 3. The summed E-state index contributed by atoms with van der Waals surface area (Å²) in [7, 11) is 0. The maximum atomic E-state index is 14.7. The molecule has 2 N–H and O–H groups in total. The van der Waals surface area contributed by atoms with Gasteiger partial charge in [-0.2, -0.15) is 0 Å². The molecule has 1 spiro atoms. The van der Waals surface area contributed by atoms with Gasteiger partial charge in [0, 0.05) is 22.3 Å². The Morgan fingerprint density at radius 3 is 2.45 bits per heavy atom. The molecule has 3 aromatic carbocycles. The van der Waals surface area contributed by atoms with Crippen LogP contribution in [0.1, 0.15) is 32.4 Å². The van der Waals surface area contributed by atoms with E-state index in [0.717, 1.165) is 6.07 Å². The summed E-state index contributed by atoms with van der Waals surface area (Å²) < 4.78 is 31.3. The van der Waals surface area contributed by atoms with Gasteiger partial charge in [0.25, 0.3) is 0 Å². The first kappa shape index (κ1) is 24.1. The van der Waals surface area contributed by atoms with Crippen LogP contribution in [0.3, 0.4) is 0 Å². The lowest BCUT2D eigenvalue weighted by Crippen LogP contribution is -2.52. The zero-order valence-electron chi connectivity index (χ0n) is 19.3. The summed E-state index contributed by atoms with van der Waals surface area (Å²) in [6.45, 7) is 0.00674. The largest absolute Gasteiger partial charge is 0.481 e. The molecule has 4 unspecified atom stereocenters. The molecular weight excluding hydrogens is 521 g/mol. The first-order valence-electron chi connectivity index (χ1n) is 11.5. The minimum absolute atomic E-state index is 0.00674. The number of benzene rings is 3. The van der Waals surface area contributed by atoms with Gasteiger partial charge in [0.05, 0.1) is 17.6 Å². The Labute approximate surface area is 219 Å². The molecule has 0 bridgehead atoms. The molecule has 0 aromatic heterocycles. The fraction of sp³-hybridized carbons (Fsp3) is 0.185. The molecule has 38 heavy (non-hydrogen) atoms. The van der Waals surface area contributed by atoms with Crippen LogP contribution in [-0.4, -0.2) is 40.9 Å². The van der Waals surface area contributed by atoms with Crippen LogP contribution in [0.2, 0.25) is 5.02 Å². The van der Waals surface area contributed by atoms with Crippen molar-refractivity contribution in [2.45, 2.75) is 11.7 Å². The highest BCUT2D eigenvalue weighted by atomic mass is 35.5. The van der Waals surface area contributed by atoms with Crippen molar-refractivity contribution in [3.8, 4) is 11.5 Å². The molecule has 6 rings (SSSR count). The molecule has 1 saturated heterocycles. The molecule has 1 aliphatic carbocycles. The van der Waals surface area contributed by atoms with E-state index in [1.807, 2.05) is 0 Å². The second-order valence-electron chi connectivity index (χ2n) is 9.05. The number of ketones is 2. The van der Waals surface area contributed by atoms with Gasteiger partial charge in [0.2, 0.25) is 29.9 Å². The van der Waals surface area contributed by atoms with Crippen molar-refractivity contribution in [1.82, 2.24) is 0 Å². The van der Waals surface area contributed by atoms with Crippen LogP contribution in [0.4, 0.5) is 10.1 Å². The van der Waals surface area contributed by atoms with Crippen LogP contribution in [0.15, 0.2) is 60.7 Å². The zero-order valence-corrected chi connectivity index (χ0v) is 20.0. The highest BCUT2D eigenvalue weighted by Gasteiger charge is 2.71. The van der Waals surface area contributed by atoms with Gasteiger partial charge < -0.3 is 24.6 Å². The minimum Gasteiger partial charge on any atom is -0.481 e. The van der Waals surface area contributed by atoms with Crippen LogP contribution in [0, 0.1) is 17.7 Å². The summed E-state index contributed by atoms with van der Waals surface area (Å²) in [5, 5.41) is 13.3. The number of rotatable bonds is 4. The van der Waals surface area contributed by atoms with Gasteiger partial charge in [-0.05, 0) is 35.9 Å². The number of hydrogen-bond donors (Lipinski definition) is 2. The lowest BCUT2D eigenvalue weighted by Gasteiger charge is -2.25. The van der Waals surface area contributed by atoms with Crippen molar-refractivity contribution < 1.29 is 42.9 Å². The number of Topliss-reactive ketones (excluding diaryl/α,β-unsaturated/α-hetero) is 2. The number of halogens is 2. The summed E-state index contributed by atoms with van der Waals surface area (Å²) in [6, 6.07) is 14.1. The van der Waals surface area contributed by atoms with Gasteiger partial charge in [-0.25, -0.2) is 4.39 Å². The second-order valence-corrected chi connectivity index (χ2v) is 9.48. The molecule has 0 radical (unpaired) electrons. The number of carboxylic acids is 1. The summed E-state index contributed by atoms with van der Waals surface area (Å²) in [5.74, 6) is -8.28. The molecule has 2 heterocycles. The van der Waals surface area contributed by atoms with Crippen LogP contribution in [0.5, 0.6) is 11.5 Å². The molecule has 2 aliphatic heterocycles. The molecule has 3 aliphatic rings. The van der Waals surface area contributed by atoms with Crippen molar-refractivity contribution in [3.63, 3.8) is 0 Å². The van der Waals surface area contributed by atoms with Gasteiger partial charge in [0.15, 0.2) is 11.5 Å². The molecule has 0 saturated carbocycles. The smallest absolute Gasteiger partial charge is 0.311 e. The van der Waals surface area contributed by atoms with Crippen LogP contribution < -0.4 is 14.8 Å². The molecular formula is C27H17ClFNO8. The van der Waals surface area contributed by atoms with E-state index in [1.54, 1.807) is 6.07 Å². The van der Waals surface area contributed by atoms with Gasteiger partial charge in [-0.15, -0.1) is 0 Å². The Morgan fingerprint density at radius 2 is 1.74 bits per heavy atom. The van der Waals surface area contributed by atoms with E-state index in [9.17, 15) is 28.7 Å². The first-order valence-corrected chi connectivity index (χ1v) is 11.8. The normalized spacial score (nSPS) is 25.1. The van der Waals surface area contributed by atoms with Gasteiger partial charge in [-0.1, -0.05) is 35.9 Å². The van der Waals surface area contributed by atoms with Crippen LogP contribution in [0.25, 0.3) is 0 Å². The van der Waals surface area contributed by atoms with E-state index >= 15 is 0 Å². The number of carbonyl (C=O) groups is 4. The lowest BCUT2D eigenvalue weighted by atomic mass is 9.75. The van der Waals surface area contributed by atoms with Crippen molar-refractivity contribution in [2.24, 2.45) is 11.8 Å². The number of anilines is 1. The molecule has 1 fully saturated rings. The topological polar surface area (TPSA) is 128 Å². The quantitative estimate of drug-likeness (QED) is 0.477. The monoisotopic (exact) mass is 537 g/mol. The number of carboxylic acid groups (broad SMARTS) is 1. The van der Waals surface area contributed by atoms with Gasteiger partial charge in [-0.3, -0.25) is 19.2 Å². The molecule has 192 valence electrons. The van der Waals surface area contributed by atoms with E-state index in [4.69, 9.17) is 25.8 Å². The van der Waals surface area contributed by atoms with Crippen LogP contribution in [-0.2, 0) is 14.3 Å². The third-order valence-corrected chi connectivity index (χ3v) is 7.26. The van der Waals surface area contributed by atoms with E-state index < -0.39 is 58.4 Å². The van der Waals surface area contributed by atoms with Crippen molar-refractivity contribution in [2.75, 3.05) is 12.1 Å². The number of amides is 1. The Bertz CT molecular complexity index is 1540. The van der Waals surface area contributed by atoms with Crippen molar-refractivity contribution in [1.29, 1.82) is 0 Å². The highest BCUT2D eigenvalue weighted by Crippen LogP contribution is 2.54. The molecule has 1 amide bonds. The fourth-order valence-electron chi connectivity index (χ4n) is 5.34. The summed E-state index contributed by atoms with van der Waals surface area (Å²) in [6.07, 6.45) is -1.35. The zero-order chi connectivity index (χ0) is 26.8. The maximum absolute atomic E-state index is 14.7. The maximum Gasteiger partial charge on any atom is 0.311 e. The summed E-state index contributed by atoms with van der Waals surface area (Å²) >= 11 is 6.01. The highest BCUT2D eigenvalue weighted by molar-refractivity contribution is 6.34. The summed E-state index contributed by atoms with van der Waals surface area (Å²) in [4.78, 5) is 53.7. The second kappa shape index (κ2) is 8.64. The number of aliphatic carboxylic acids is 1. The molecule has 3 aromatic rings. The molecule has 9 nitrogen and oxygen atoms in total. The Hall–Kier alpha value is -4.28. The lowest BCUT2D eigenvalue weighted by molar-refractivity contribution is -0.147. The van der Waals surface area contributed by atoms with E-state index in [-0.39, 0.29) is 18.0 Å². The third-order valence-electron chi connectivity index (χ3n) is 7.00. The van der Waals surface area contributed by atoms with Crippen molar-refractivity contribution in [3.05, 3.63) is 88.2 Å². The predicted molar refractivity (Wildman–Crippen MR) is 129 cm³/mol. The Balaban J connectivity index is 1.47. The van der Waals surface area contributed by atoms with Gasteiger partial charge in [0.1, 0.15) is 11.7 Å². The SMILES string of the molecule is O=C(Nc1ccc2c(c1)OCO2)C1C(c2ccc(Cl)cc2)OC2(C(=O)c3cccc(F)c3C2=O)C1C(=O)O. The average Bonchev–Trinajstić information content (AvgIpc) is 3.56. The Morgan fingerprint density at radius 1 is 1.00 bits per heavy atom. The predicted octanol–water partition coefficient (Wildman–Crippen LogP) is 4.05. The van der Waals surface area contributed by atoms with Crippen molar-refractivity contribution >= 4 is 40.7 Å². The first-order chi connectivity index (χ1) is 18.2.